The maximum Gasteiger partial charge on any atom is 0.262 e. The molecule has 0 radical (unpaired) electrons. The van der Waals surface area contributed by atoms with Crippen molar-refractivity contribution in [2.75, 3.05) is 17.8 Å². The minimum atomic E-state index is -3.73. The van der Waals surface area contributed by atoms with Gasteiger partial charge in [0.15, 0.2) is 0 Å². The standard InChI is InChI=1S/C24H31N3O4S/c1-17-8-9-18(2)22(16-17)32(30,31)27-21-12-10-20(11-13-21)24(29)26-15-14-25-23(28)19-6-4-3-5-7-19/h8-13,16,19,27H,3-7,14-15H2,1-2H3,(H,25,28)(H,26,29). The molecule has 0 saturated heterocycles. The average Bonchev–Trinajstić information content (AvgIpc) is 2.78. The average molecular weight is 458 g/mol. The molecule has 0 aliphatic heterocycles. The molecule has 0 heterocycles. The first kappa shape index (κ1) is 23.8. The Kier molecular flexibility index (Phi) is 7.90. The molecule has 32 heavy (non-hydrogen) atoms. The first-order valence-electron chi connectivity index (χ1n) is 11.0. The van der Waals surface area contributed by atoms with Gasteiger partial charge in [0.05, 0.1) is 4.90 Å². The van der Waals surface area contributed by atoms with E-state index in [0.29, 0.717) is 29.9 Å². The van der Waals surface area contributed by atoms with Gasteiger partial charge >= 0.3 is 0 Å². The Morgan fingerprint density at radius 3 is 2.25 bits per heavy atom. The van der Waals surface area contributed by atoms with Crippen LogP contribution in [0.15, 0.2) is 47.4 Å². The molecule has 172 valence electrons. The van der Waals surface area contributed by atoms with E-state index in [9.17, 15) is 18.0 Å². The van der Waals surface area contributed by atoms with E-state index in [1.54, 1.807) is 43.3 Å². The minimum Gasteiger partial charge on any atom is -0.354 e. The number of nitrogens with one attached hydrogen (secondary N) is 3. The van der Waals surface area contributed by atoms with Crippen LogP contribution >= 0.6 is 0 Å². The number of carbonyl (C=O) groups excluding carboxylic acids is 2. The summed E-state index contributed by atoms with van der Waals surface area (Å²) in [4.78, 5) is 24.7. The zero-order chi connectivity index (χ0) is 23.1. The van der Waals surface area contributed by atoms with E-state index in [0.717, 1.165) is 31.2 Å². The molecule has 0 unspecified atom stereocenters. The lowest BCUT2D eigenvalue weighted by Gasteiger charge is -2.20. The monoisotopic (exact) mass is 457 g/mol. The van der Waals surface area contributed by atoms with Crippen LogP contribution in [-0.2, 0) is 14.8 Å². The van der Waals surface area contributed by atoms with Crippen molar-refractivity contribution >= 4 is 27.5 Å². The van der Waals surface area contributed by atoms with Crippen molar-refractivity contribution in [1.82, 2.24) is 10.6 Å². The fourth-order valence-electron chi connectivity index (χ4n) is 3.87. The lowest BCUT2D eigenvalue weighted by molar-refractivity contribution is -0.125. The molecule has 0 atom stereocenters. The van der Waals surface area contributed by atoms with Gasteiger partial charge in [0, 0.05) is 30.3 Å². The van der Waals surface area contributed by atoms with Crippen LogP contribution in [0, 0.1) is 19.8 Å². The molecule has 1 aliphatic rings. The summed E-state index contributed by atoms with van der Waals surface area (Å²) in [6, 6.07) is 11.5. The molecular weight excluding hydrogens is 426 g/mol. The largest absolute Gasteiger partial charge is 0.354 e. The number of benzene rings is 2. The van der Waals surface area contributed by atoms with Crippen molar-refractivity contribution < 1.29 is 18.0 Å². The number of hydrogen-bond donors (Lipinski definition) is 3. The number of aryl methyl sites for hydroxylation is 2. The van der Waals surface area contributed by atoms with Crippen LogP contribution in [0.1, 0.15) is 53.6 Å². The minimum absolute atomic E-state index is 0.0689. The van der Waals surface area contributed by atoms with E-state index in [-0.39, 0.29) is 22.6 Å². The maximum absolute atomic E-state index is 12.7. The second-order valence-corrected chi connectivity index (χ2v) is 9.98. The lowest BCUT2D eigenvalue weighted by Crippen LogP contribution is -2.38. The van der Waals surface area contributed by atoms with E-state index in [1.165, 1.54) is 6.42 Å². The van der Waals surface area contributed by atoms with Crippen LogP contribution in [0.5, 0.6) is 0 Å². The third kappa shape index (κ3) is 6.32. The first-order valence-corrected chi connectivity index (χ1v) is 12.5. The van der Waals surface area contributed by atoms with Gasteiger partial charge in [-0.2, -0.15) is 0 Å². The van der Waals surface area contributed by atoms with Gasteiger partial charge in [0.25, 0.3) is 15.9 Å². The van der Waals surface area contributed by atoms with Crippen LogP contribution in [0.25, 0.3) is 0 Å². The fraction of sp³-hybridized carbons (Fsp3) is 0.417. The van der Waals surface area contributed by atoms with E-state index in [2.05, 4.69) is 15.4 Å². The summed E-state index contributed by atoms with van der Waals surface area (Å²) in [6.07, 6.45) is 5.29. The Balaban J connectivity index is 1.49. The van der Waals surface area contributed by atoms with Crippen LogP contribution < -0.4 is 15.4 Å². The molecule has 3 rings (SSSR count). The van der Waals surface area contributed by atoms with E-state index in [4.69, 9.17) is 0 Å². The molecule has 0 aromatic heterocycles. The van der Waals surface area contributed by atoms with Crippen molar-refractivity contribution in [3.05, 3.63) is 59.2 Å². The molecule has 7 nitrogen and oxygen atoms in total. The van der Waals surface area contributed by atoms with Crippen LogP contribution in [0.4, 0.5) is 5.69 Å². The molecule has 8 heteroatoms. The highest BCUT2D eigenvalue weighted by atomic mass is 32.2. The number of rotatable bonds is 8. The number of carbonyl (C=O) groups is 2. The summed E-state index contributed by atoms with van der Waals surface area (Å²) in [7, 11) is -3.73. The smallest absolute Gasteiger partial charge is 0.262 e. The van der Waals surface area contributed by atoms with Gasteiger partial charge in [0.1, 0.15) is 0 Å². The summed E-state index contributed by atoms with van der Waals surface area (Å²) < 4.78 is 28.0. The SMILES string of the molecule is Cc1ccc(C)c(S(=O)(=O)Nc2ccc(C(=O)NCCNC(=O)C3CCCCC3)cc2)c1. The molecule has 2 amide bonds. The lowest BCUT2D eigenvalue weighted by atomic mass is 9.89. The Labute approximate surface area is 190 Å². The van der Waals surface area contributed by atoms with E-state index >= 15 is 0 Å². The normalized spacial score (nSPS) is 14.6. The Hall–Kier alpha value is -2.87. The van der Waals surface area contributed by atoms with Gasteiger partial charge in [-0.1, -0.05) is 31.4 Å². The van der Waals surface area contributed by atoms with Crippen molar-refractivity contribution in [3.8, 4) is 0 Å². The summed E-state index contributed by atoms with van der Waals surface area (Å²) in [5.41, 5.74) is 2.31. The Morgan fingerprint density at radius 2 is 1.56 bits per heavy atom. The van der Waals surface area contributed by atoms with Crippen LogP contribution in [-0.4, -0.2) is 33.3 Å². The molecule has 1 aliphatic carbocycles. The molecule has 2 aromatic carbocycles. The van der Waals surface area contributed by atoms with E-state index in [1.807, 2.05) is 13.0 Å². The van der Waals surface area contributed by atoms with Gasteiger partial charge in [-0.25, -0.2) is 8.42 Å². The second kappa shape index (κ2) is 10.6. The third-order valence-corrected chi connectivity index (χ3v) is 7.24. The molecule has 0 spiro atoms. The molecule has 1 saturated carbocycles. The number of anilines is 1. The summed E-state index contributed by atoms with van der Waals surface area (Å²) in [6.45, 7) is 4.30. The molecule has 0 bridgehead atoms. The van der Waals surface area contributed by atoms with Gasteiger partial charge in [-0.15, -0.1) is 0 Å². The number of sulfonamides is 1. The van der Waals surface area contributed by atoms with Gasteiger partial charge in [0.2, 0.25) is 5.91 Å². The zero-order valence-corrected chi connectivity index (χ0v) is 19.4. The number of amides is 2. The highest BCUT2D eigenvalue weighted by Crippen LogP contribution is 2.23. The predicted octanol–water partition coefficient (Wildman–Crippen LogP) is 3.53. The molecule has 3 N–H and O–H groups in total. The molecule has 1 fully saturated rings. The topological polar surface area (TPSA) is 104 Å². The zero-order valence-electron chi connectivity index (χ0n) is 18.6. The Bertz CT molecular complexity index is 1060. The van der Waals surface area contributed by atoms with Gasteiger partial charge in [-0.3, -0.25) is 14.3 Å². The van der Waals surface area contributed by atoms with Gasteiger partial charge in [-0.05, 0) is 68.1 Å². The fourth-order valence-corrected chi connectivity index (χ4v) is 5.26. The first-order chi connectivity index (χ1) is 15.3. The third-order valence-electron chi connectivity index (χ3n) is 5.72. The summed E-state index contributed by atoms with van der Waals surface area (Å²) >= 11 is 0. The predicted molar refractivity (Wildman–Crippen MR) is 125 cm³/mol. The molecule has 2 aromatic rings. The van der Waals surface area contributed by atoms with Crippen molar-refractivity contribution in [1.29, 1.82) is 0 Å². The highest BCUT2D eigenvalue weighted by Gasteiger charge is 2.20. The van der Waals surface area contributed by atoms with Gasteiger partial charge < -0.3 is 10.6 Å². The Morgan fingerprint density at radius 1 is 0.906 bits per heavy atom. The summed E-state index contributed by atoms with van der Waals surface area (Å²) in [5.74, 6) is -0.111. The van der Waals surface area contributed by atoms with Crippen molar-refractivity contribution in [2.45, 2.75) is 50.8 Å². The van der Waals surface area contributed by atoms with Crippen molar-refractivity contribution in [3.63, 3.8) is 0 Å². The highest BCUT2D eigenvalue weighted by molar-refractivity contribution is 7.92. The molecular formula is C24H31N3O4S. The second-order valence-electron chi connectivity index (χ2n) is 8.33. The van der Waals surface area contributed by atoms with Crippen LogP contribution in [0.2, 0.25) is 0 Å². The maximum atomic E-state index is 12.7. The number of hydrogen-bond acceptors (Lipinski definition) is 4. The quantitative estimate of drug-likeness (QED) is 0.528. The van der Waals surface area contributed by atoms with Crippen molar-refractivity contribution in [2.24, 2.45) is 5.92 Å². The van der Waals surface area contributed by atoms with Crippen LogP contribution in [0.3, 0.4) is 0 Å². The summed E-state index contributed by atoms with van der Waals surface area (Å²) in [5, 5.41) is 5.66. The van der Waals surface area contributed by atoms with E-state index < -0.39 is 10.0 Å².